The van der Waals surface area contributed by atoms with E-state index in [1.165, 1.54) is 37.7 Å². The van der Waals surface area contributed by atoms with Crippen molar-refractivity contribution in [2.24, 2.45) is 23.6 Å². The maximum absolute atomic E-state index is 5.80. The van der Waals surface area contributed by atoms with Gasteiger partial charge in [-0.25, -0.2) is 0 Å². The summed E-state index contributed by atoms with van der Waals surface area (Å²) in [6.07, 6.45) is 7.99. The molecule has 4 heteroatoms. The summed E-state index contributed by atoms with van der Waals surface area (Å²) in [5, 5.41) is 0. The van der Waals surface area contributed by atoms with Crippen LogP contribution in [0, 0.1) is 17.8 Å². The molecule has 0 spiro atoms. The summed E-state index contributed by atoms with van der Waals surface area (Å²) in [5.74, 6) is 9.54. The number of nitrogens with one attached hydrogen (secondary N) is 1. The second kappa shape index (κ2) is 6.67. The summed E-state index contributed by atoms with van der Waals surface area (Å²) in [6, 6.07) is 6.66. The Morgan fingerprint density at radius 2 is 2.24 bits per heavy atom. The first-order chi connectivity index (χ1) is 10.2. The number of hydrogen-bond donors (Lipinski definition) is 2. The molecule has 0 aromatic heterocycles. The molecule has 2 fully saturated rings. The molecular weight excluding hydrogens is 328 g/mol. The highest BCUT2D eigenvalue weighted by atomic mass is 79.9. The zero-order valence-electron chi connectivity index (χ0n) is 12.6. The van der Waals surface area contributed by atoms with E-state index < -0.39 is 0 Å². The van der Waals surface area contributed by atoms with Crippen LogP contribution in [0.2, 0.25) is 0 Å². The second-order valence-electron chi connectivity index (χ2n) is 6.71. The van der Waals surface area contributed by atoms with E-state index in [0.717, 1.165) is 34.4 Å². The minimum absolute atomic E-state index is 0.370. The third-order valence-electron chi connectivity index (χ3n) is 5.41. The number of hydrogen-bond acceptors (Lipinski definition) is 3. The van der Waals surface area contributed by atoms with Crippen LogP contribution in [0.1, 0.15) is 37.7 Å². The van der Waals surface area contributed by atoms with Crippen molar-refractivity contribution in [1.29, 1.82) is 0 Å². The smallest absolute Gasteiger partial charge is 0.133 e. The standard InChI is InChI=1S/C17H25BrN2O/c1-21-17-5-3-12(9-16(17)18)8-15(20-19)10-14-7-11-2-4-13(14)6-11/h3,5,9,11,13-15,20H,2,4,6-8,10,19H2,1H3. The fourth-order valence-electron chi connectivity index (χ4n) is 4.36. The normalized spacial score (nSPS) is 28.8. The van der Waals surface area contributed by atoms with Crippen molar-refractivity contribution in [1.82, 2.24) is 5.43 Å². The predicted molar refractivity (Wildman–Crippen MR) is 89.1 cm³/mol. The molecule has 0 saturated heterocycles. The van der Waals surface area contributed by atoms with Crippen LogP contribution in [-0.4, -0.2) is 13.2 Å². The van der Waals surface area contributed by atoms with Gasteiger partial charge in [0.25, 0.3) is 0 Å². The molecule has 1 aromatic carbocycles. The Kier molecular flexibility index (Phi) is 4.87. The van der Waals surface area contributed by atoms with Crippen LogP contribution in [-0.2, 0) is 6.42 Å². The molecule has 2 saturated carbocycles. The molecule has 116 valence electrons. The Morgan fingerprint density at radius 3 is 2.81 bits per heavy atom. The van der Waals surface area contributed by atoms with Crippen molar-refractivity contribution < 1.29 is 4.74 Å². The van der Waals surface area contributed by atoms with Crippen molar-refractivity contribution in [2.75, 3.05) is 7.11 Å². The average Bonchev–Trinajstić information content (AvgIpc) is 3.09. The molecule has 0 amide bonds. The fraction of sp³-hybridized carbons (Fsp3) is 0.647. The minimum Gasteiger partial charge on any atom is -0.496 e. The molecule has 2 aliphatic carbocycles. The monoisotopic (exact) mass is 352 g/mol. The Morgan fingerprint density at radius 1 is 1.38 bits per heavy atom. The average molecular weight is 353 g/mol. The number of ether oxygens (including phenoxy) is 1. The molecule has 0 heterocycles. The van der Waals surface area contributed by atoms with Gasteiger partial charge in [-0.1, -0.05) is 12.5 Å². The number of methoxy groups -OCH3 is 1. The minimum atomic E-state index is 0.370. The Bertz CT molecular complexity index is 494. The van der Waals surface area contributed by atoms with Crippen LogP contribution in [0.15, 0.2) is 22.7 Å². The zero-order valence-corrected chi connectivity index (χ0v) is 14.2. The summed E-state index contributed by atoms with van der Waals surface area (Å²) >= 11 is 3.56. The van der Waals surface area contributed by atoms with Gasteiger partial charge in [-0.15, -0.1) is 0 Å². The van der Waals surface area contributed by atoms with E-state index in [0.29, 0.717) is 6.04 Å². The first kappa shape index (κ1) is 15.3. The number of fused-ring (bicyclic) bond motifs is 2. The van der Waals surface area contributed by atoms with Gasteiger partial charge >= 0.3 is 0 Å². The van der Waals surface area contributed by atoms with Gasteiger partial charge in [0, 0.05) is 6.04 Å². The topological polar surface area (TPSA) is 47.3 Å². The number of halogens is 1. The molecule has 0 aliphatic heterocycles. The summed E-state index contributed by atoms with van der Waals surface area (Å²) in [4.78, 5) is 0. The Balaban J connectivity index is 1.60. The molecule has 4 unspecified atom stereocenters. The van der Waals surface area contributed by atoms with E-state index in [-0.39, 0.29) is 0 Å². The summed E-state index contributed by atoms with van der Waals surface area (Å²) in [5.41, 5.74) is 4.34. The predicted octanol–water partition coefficient (Wildman–Crippen LogP) is 3.66. The lowest BCUT2D eigenvalue weighted by molar-refractivity contribution is 0.277. The lowest BCUT2D eigenvalue weighted by Crippen LogP contribution is -2.39. The Hall–Kier alpha value is -0.580. The van der Waals surface area contributed by atoms with Gasteiger partial charge in [0.05, 0.1) is 11.6 Å². The lowest BCUT2D eigenvalue weighted by atomic mass is 9.83. The molecule has 0 radical (unpaired) electrons. The van der Waals surface area contributed by atoms with Crippen LogP contribution in [0.3, 0.4) is 0 Å². The molecule has 21 heavy (non-hydrogen) atoms. The maximum Gasteiger partial charge on any atom is 0.133 e. The molecule has 4 atom stereocenters. The largest absolute Gasteiger partial charge is 0.496 e. The van der Waals surface area contributed by atoms with E-state index in [2.05, 4.69) is 33.5 Å². The number of nitrogens with two attached hydrogens (primary N) is 1. The van der Waals surface area contributed by atoms with Gasteiger partial charge in [-0.3, -0.25) is 11.3 Å². The molecule has 1 aromatic rings. The molecule has 2 aliphatic rings. The van der Waals surface area contributed by atoms with E-state index in [1.807, 2.05) is 6.07 Å². The van der Waals surface area contributed by atoms with Gasteiger partial charge in [-0.05, 0) is 83.5 Å². The molecule has 3 nitrogen and oxygen atoms in total. The lowest BCUT2D eigenvalue weighted by Gasteiger charge is -2.26. The van der Waals surface area contributed by atoms with E-state index >= 15 is 0 Å². The van der Waals surface area contributed by atoms with E-state index in [1.54, 1.807) is 7.11 Å². The summed E-state index contributed by atoms with van der Waals surface area (Å²) in [7, 11) is 1.69. The van der Waals surface area contributed by atoms with Crippen LogP contribution < -0.4 is 16.0 Å². The van der Waals surface area contributed by atoms with Crippen molar-refractivity contribution >= 4 is 15.9 Å². The van der Waals surface area contributed by atoms with Gasteiger partial charge < -0.3 is 4.74 Å². The summed E-state index contributed by atoms with van der Waals surface area (Å²) < 4.78 is 6.30. The summed E-state index contributed by atoms with van der Waals surface area (Å²) in [6.45, 7) is 0. The van der Waals surface area contributed by atoms with Gasteiger partial charge in [0.2, 0.25) is 0 Å². The molecule has 2 bridgehead atoms. The zero-order chi connectivity index (χ0) is 14.8. The molecular formula is C17H25BrN2O. The molecule has 3 rings (SSSR count). The van der Waals surface area contributed by atoms with E-state index in [9.17, 15) is 0 Å². The van der Waals surface area contributed by atoms with Gasteiger partial charge in [0.1, 0.15) is 5.75 Å². The molecule has 3 N–H and O–H groups in total. The third-order valence-corrected chi connectivity index (χ3v) is 6.03. The highest BCUT2D eigenvalue weighted by Crippen LogP contribution is 2.50. The first-order valence-corrected chi connectivity index (χ1v) is 8.77. The number of rotatable bonds is 6. The number of benzene rings is 1. The van der Waals surface area contributed by atoms with Crippen LogP contribution in [0.25, 0.3) is 0 Å². The SMILES string of the molecule is COc1ccc(CC(CC2CC3CCC2C3)NN)cc1Br. The quantitative estimate of drug-likeness (QED) is 0.606. The second-order valence-corrected chi connectivity index (χ2v) is 7.56. The van der Waals surface area contributed by atoms with Crippen LogP contribution >= 0.6 is 15.9 Å². The Labute approximate surface area is 135 Å². The van der Waals surface area contributed by atoms with Crippen molar-refractivity contribution in [3.63, 3.8) is 0 Å². The van der Waals surface area contributed by atoms with Gasteiger partial charge in [0.15, 0.2) is 0 Å². The first-order valence-electron chi connectivity index (χ1n) is 7.98. The third kappa shape index (κ3) is 3.43. The highest BCUT2D eigenvalue weighted by molar-refractivity contribution is 9.10. The van der Waals surface area contributed by atoms with Crippen LogP contribution in [0.5, 0.6) is 5.75 Å². The van der Waals surface area contributed by atoms with Crippen molar-refractivity contribution in [2.45, 2.75) is 44.6 Å². The number of hydrazine groups is 1. The highest BCUT2D eigenvalue weighted by Gasteiger charge is 2.39. The maximum atomic E-state index is 5.80. The van der Waals surface area contributed by atoms with Crippen LogP contribution in [0.4, 0.5) is 0 Å². The van der Waals surface area contributed by atoms with Crippen molar-refractivity contribution in [3.05, 3.63) is 28.2 Å². The fourth-order valence-corrected chi connectivity index (χ4v) is 4.95. The van der Waals surface area contributed by atoms with Gasteiger partial charge in [-0.2, -0.15) is 0 Å². The van der Waals surface area contributed by atoms with E-state index in [4.69, 9.17) is 10.6 Å². The van der Waals surface area contributed by atoms with Crippen molar-refractivity contribution in [3.8, 4) is 5.75 Å².